The summed E-state index contributed by atoms with van der Waals surface area (Å²) in [5.74, 6) is -1.08. The van der Waals surface area contributed by atoms with Crippen LogP contribution in [0.25, 0.3) is 0 Å². The van der Waals surface area contributed by atoms with E-state index < -0.39 is 25.0 Å². The van der Waals surface area contributed by atoms with Crippen LogP contribution in [0, 0.1) is 11.8 Å². The standard InChI is InChI=1S/C13H25BN2O5S/c1-22-6-4-11(15)12(17)16-7-9(3-2-5-14(20)21)10(8-16)13(18)19/h9-11,20-21H,2-8,15H2,1H3,(H,18,19)/t9-,10?,11?/m0/s1. The third-order valence-corrected chi connectivity index (χ3v) is 4.70. The fraction of sp³-hybridized carbons (Fsp3) is 0.846. The molecule has 7 nitrogen and oxygen atoms in total. The van der Waals surface area contributed by atoms with Crippen molar-refractivity contribution in [2.24, 2.45) is 17.6 Å². The van der Waals surface area contributed by atoms with Gasteiger partial charge in [0, 0.05) is 13.1 Å². The molecule has 126 valence electrons. The van der Waals surface area contributed by atoms with Crippen LogP contribution in [0.1, 0.15) is 19.3 Å². The molecule has 5 N–H and O–H groups in total. The number of carbonyl (C=O) groups is 2. The van der Waals surface area contributed by atoms with E-state index >= 15 is 0 Å². The topological polar surface area (TPSA) is 124 Å². The molecule has 0 radical (unpaired) electrons. The predicted molar refractivity (Wildman–Crippen MR) is 86.4 cm³/mol. The number of carboxylic acids is 1. The van der Waals surface area contributed by atoms with Crippen LogP contribution in [0.5, 0.6) is 0 Å². The molecular formula is C13H25BN2O5S. The second-order valence-electron chi connectivity index (χ2n) is 5.75. The summed E-state index contributed by atoms with van der Waals surface area (Å²) in [5.41, 5.74) is 5.87. The van der Waals surface area contributed by atoms with Gasteiger partial charge in [0.15, 0.2) is 0 Å². The van der Waals surface area contributed by atoms with Crippen molar-refractivity contribution in [3.05, 3.63) is 0 Å². The zero-order valence-electron chi connectivity index (χ0n) is 12.9. The molecule has 0 aliphatic carbocycles. The van der Waals surface area contributed by atoms with Crippen molar-refractivity contribution >= 4 is 30.8 Å². The van der Waals surface area contributed by atoms with Gasteiger partial charge in [-0.1, -0.05) is 6.42 Å². The molecule has 0 aromatic rings. The molecule has 1 rings (SSSR count). The summed E-state index contributed by atoms with van der Waals surface area (Å²) >= 11 is 1.62. The maximum absolute atomic E-state index is 12.3. The lowest BCUT2D eigenvalue weighted by atomic mass is 9.80. The first-order valence-electron chi connectivity index (χ1n) is 7.49. The highest BCUT2D eigenvalue weighted by Gasteiger charge is 2.40. The van der Waals surface area contributed by atoms with Gasteiger partial charge < -0.3 is 25.8 Å². The van der Waals surface area contributed by atoms with E-state index in [9.17, 15) is 14.7 Å². The first-order chi connectivity index (χ1) is 10.4. The van der Waals surface area contributed by atoms with Crippen LogP contribution in [-0.4, -0.2) is 70.2 Å². The fourth-order valence-corrected chi connectivity index (χ4v) is 3.28. The van der Waals surface area contributed by atoms with Crippen LogP contribution >= 0.6 is 11.8 Å². The van der Waals surface area contributed by atoms with Crippen molar-refractivity contribution in [2.75, 3.05) is 25.1 Å². The molecule has 0 spiro atoms. The smallest absolute Gasteiger partial charge is 0.451 e. The molecule has 1 saturated heterocycles. The largest absolute Gasteiger partial charge is 0.481 e. The van der Waals surface area contributed by atoms with Gasteiger partial charge in [-0.15, -0.1) is 0 Å². The Morgan fingerprint density at radius 3 is 2.64 bits per heavy atom. The Morgan fingerprint density at radius 1 is 1.41 bits per heavy atom. The third-order valence-electron chi connectivity index (χ3n) is 4.06. The Balaban J connectivity index is 2.57. The molecule has 9 heteroatoms. The molecule has 3 atom stereocenters. The van der Waals surface area contributed by atoms with E-state index in [1.165, 1.54) is 0 Å². The number of aliphatic carboxylic acids is 1. The SMILES string of the molecule is CSCCC(N)C(=O)N1CC(C(=O)O)[C@@H](CCCB(O)O)C1. The Hall–Kier alpha value is -0.765. The van der Waals surface area contributed by atoms with Crippen molar-refractivity contribution in [2.45, 2.75) is 31.6 Å². The van der Waals surface area contributed by atoms with E-state index in [2.05, 4.69) is 0 Å². The highest BCUT2D eigenvalue weighted by Crippen LogP contribution is 2.29. The number of likely N-dealkylation sites (tertiary alicyclic amines) is 1. The molecule has 0 aromatic carbocycles. The molecule has 1 fully saturated rings. The summed E-state index contributed by atoms with van der Waals surface area (Å²) < 4.78 is 0. The van der Waals surface area contributed by atoms with E-state index in [-0.39, 0.29) is 24.7 Å². The van der Waals surface area contributed by atoms with Crippen LogP contribution in [0.15, 0.2) is 0 Å². The zero-order chi connectivity index (χ0) is 16.7. The van der Waals surface area contributed by atoms with Gasteiger partial charge in [-0.05, 0) is 37.1 Å². The number of carbonyl (C=O) groups excluding carboxylic acids is 1. The van der Waals surface area contributed by atoms with Gasteiger partial charge in [0.1, 0.15) is 0 Å². The minimum Gasteiger partial charge on any atom is -0.481 e. The Bertz CT molecular complexity index is 385. The average molecular weight is 332 g/mol. The highest BCUT2D eigenvalue weighted by atomic mass is 32.2. The number of rotatable bonds is 9. The van der Waals surface area contributed by atoms with Gasteiger partial charge in [0.2, 0.25) is 5.91 Å². The number of carboxylic acid groups (broad SMARTS) is 1. The number of hydrogen-bond donors (Lipinski definition) is 4. The minimum absolute atomic E-state index is 0.159. The summed E-state index contributed by atoms with van der Waals surface area (Å²) in [5, 5.41) is 27.0. The molecule has 1 amide bonds. The van der Waals surface area contributed by atoms with E-state index in [0.717, 1.165) is 5.75 Å². The number of hydrogen-bond acceptors (Lipinski definition) is 6. The Morgan fingerprint density at radius 2 is 2.09 bits per heavy atom. The van der Waals surface area contributed by atoms with Crippen molar-refractivity contribution in [1.82, 2.24) is 4.90 Å². The first-order valence-corrected chi connectivity index (χ1v) is 8.88. The highest BCUT2D eigenvalue weighted by molar-refractivity contribution is 7.98. The number of nitrogens with zero attached hydrogens (tertiary/aromatic N) is 1. The van der Waals surface area contributed by atoms with Crippen molar-refractivity contribution < 1.29 is 24.7 Å². The fourth-order valence-electron chi connectivity index (χ4n) is 2.79. The van der Waals surface area contributed by atoms with Gasteiger partial charge in [0.05, 0.1) is 12.0 Å². The van der Waals surface area contributed by atoms with Crippen LogP contribution in [0.2, 0.25) is 6.32 Å². The van der Waals surface area contributed by atoms with Gasteiger partial charge in [0.25, 0.3) is 0 Å². The van der Waals surface area contributed by atoms with Crippen molar-refractivity contribution in [3.8, 4) is 0 Å². The zero-order valence-corrected chi connectivity index (χ0v) is 13.7. The molecule has 22 heavy (non-hydrogen) atoms. The normalized spacial score (nSPS) is 22.6. The summed E-state index contributed by atoms with van der Waals surface area (Å²) in [6.07, 6.45) is 3.81. The second-order valence-corrected chi connectivity index (χ2v) is 6.73. The number of nitrogens with two attached hydrogens (primary N) is 1. The second kappa shape index (κ2) is 9.39. The number of thioether (sulfide) groups is 1. The molecule has 0 saturated carbocycles. The molecule has 0 bridgehead atoms. The predicted octanol–water partition coefficient (Wildman–Crippen LogP) is -0.521. The molecule has 1 aliphatic rings. The molecule has 2 unspecified atom stereocenters. The van der Waals surface area contributed by atoms with Crippen LogP contribution in [0.3, 0.4) is 0 Å². The van der Waals surface area contributed by atoms with Crippen molar-refractivity contribution in [3.63, 3.8) is 0 Å². The summed E-state index contributed by atoms with van der Waals surface area (Å²) in [7, 11) is -1.37. The molecule has 1 heterocycles. The first kappa shape index (κ1) is 19.3. The lowest BCUT2D eigenvalue weighted by Crippen LogP contribution is -2.43. The van der Waals surface area contributed by atoms with Crippen LogP contribution in [0.4, 0.5) is 0 Å². The Labute approximate surface area is 135 Å². The van der Waals surface area contributed by atoms with E-state index in [0.29, 0.717) is 25.8 Å². The van der Waals surface area contributed by atoms with Gasteiger partial charge >= 0.3 is 13.1 Å². The minimum atomic E-state index is -1.37. The monoisotopic (exact) mass is 332 g/mol. The molecule has 1 aliphatic heterocycles. The quantitative estimate of drug-likeness (QED) is 0.419. The van der Waals surface area contributed by atoms with Crippen LogP contribution < -0.4 is 5.73 Å². The van der Waals surface area contributed by atoms with Crippen molar-refractivity contribution in [1.29, 1.82) is 0 Å². The van der Waals surface area contributed by atoms with Gasteiger partial charge in [-0.2, -0.15) is 11.8 Å². The lowest BCUT2D eigenvalue weighted by Gasteiger charge is -2.20. The maximum Gasteiger partial charge on any atom is 0.451 e. The van der Waals surface area contributed by atoms with E-state index in [1.54, 1.807) is 16.7 Å². The van der Waals surface area contributed by atoms with E-state index in [1.807, 2.05) is 6.26 Å². The van der Waals surface area contributed by atoms with E-state index in [4.69, 9.17) is 15.8 Å². The van der Waals surface area contributed by atoms with Crippen LogP contribution in [-0.2, 0) is 9.59 Å². The molecular weight excluding hydrogens is 307 g/mol. The average Bonchev–Trinajstić information content (AvgIpc) is 2.87. The summed E-state index contributed by atoms with van der Waals surface area (Å²) in [6.45, 7) is 0.567. The van der Waals surface area contributed by atoms with Gasteiger partial charge in [-0.25, -0.2) is 0 Å². The van der Waals surface area contributed by atoms with Gasteiger partial charge in [-0.3, -0.25) is 9.59 Å². The summed E-state index contributed by atoms with van der Waals surface area (Å²) in [6, 6.07) is -0.583. The Kier molecular flexibility index (Phi) is 8.23. The third kappa shape index (κ3) is 5.79. The summed E-state index contributed by atoms with van der Waals surface area (Å²) in [4.78, 5) is 25.2. The maximum atomic E-state index is 12.3. The lowest BCUT2D eigenvalue weighted by molar-refractivity contribution is -0.142. The molecule has 0 aromatic heterocycles. The number of amides is 1.